The van der Waals surface area contributed by atoms with Crippen molar-refractivity contribution in [3.8, 4) is 0 Å². The van der Waals surface area contributed by atoms with E-state index < -0.39 is 0 Å². The Kier molecular flexibility index (Phi) is 3.89. The topological polar surface area (TPSA) is 46.3 Å². The van der Waals surface area contributed by atoms with Gasteiger partial charge >= 0.3 is 0 Å². The minimum absolute atomic E-state index is 0.107. The summed E-state index contributed by atoms with van der Waals surface area (Å²) in [6.45, 7) is 6.25. The van der Waals surface area contributed by atoms with Crippen molar-refractivity contribution >= 4 is 33.0 Å². The number of hydrogen-bond donors (Lipinski definition) is 1. The zero-order chi connectivity index (χ0) is 15.0. The van der Waals surface area contributed by atoms with Gasteiger partial charge in [0, 0.05) is 23.2 Å². The Morgan fingerprint density at radius 3 is 2.57 bits per heavy atom. The first-order valence-electron chi connectivity index (χ1n) is 7.64. The third-order valence-corrected chi connectivity index (χ3v) is 5.77. The second-order valence-corrected chi connectivity index (χ2v) is 7.27. The van der Waals surface area contributed by atoms with Crippen molar-refractivity contribution in [1.82, 2.24) is 4.90 Å². The van der Waals surface area contributed by atoms with Gasteiger partial charge in [-0.2, -0.15) is 0 Å². The number of piperidine rings is 1. The average Bonchev–Trinajstić information content (AvgIpc) is 2.84. The van der Waals surface area contributed by atoms with Crippen LogP contribution in [0, 0.1) is 11.8 Å². The molecule has 1 aromatic heterocycles. The number of thiophene rings is 1. The monoisotopic (exact) mass is 302 g/mol. The number of nitrogens with zero attached hydrogens (tertiary/aromatic N) is 1. The van der Waals surface area contributed by atoms with E-state index in [9.17, 15) is 4.79 Å². The third kappa shape index (κ3) is 2.64. The lowest BCUT2D eigenvalue weighted by molar-refractivity contribution is 0.0673. The number of nitrogens with two attached hydrogens (primary N) is 1. The highest BCUT2D eigenvalue weighted by molar-refractivity contribution is 7.21. The Morgan fingerprint density at radius 1 is 1.29 bits per heavy atom. The highest BCUT2D eigenvalue weighted by atomic mass is 32.1. The van der Waals surface area contributed by atoms with E-state index in [1.807, 2.05) is 29.2 Å². The molecule has 3 rings (SSSR count). The Bertz CT molecular complexity index is 654. The molecule has 112 valence electrons. The van der Waals surface area contributed by atoms with E-state index in [4.69, 9.17) is 5.73 Å². The van der Waals surface area contributed by atoms with Crippen LogP contribution in [-0.2, 0) is 0 Å². The first kappa shape index (κ1) is 14.4. The summed E-state index contributed by atoms with van der Waals surface area (Å²) < 4.78 is 1.09. The molecule has 1 amide bonds. The molecule has 0 atom stereocenters. The summed E-state index contributed by atoms with van der Waals surface area (Å²) in [4.78, 5) is 15.4. The van der Waals surface area contributed by atoms with Gasteiger partial charge in [0.1, 0.15) is 4.88 Å². The van der Waals surface area contributed by atoms with Crippen molar-refractivity contribution in [3.63, 3.8) is 0 Å². The van der Waals surface area contributed by atoms with E-state index in [1.54, 1.807) is 0 Å². The normalized spacial score (nSPS) is 16.8. The zero-order valence-corrected chi connectivity index (χ0v) is 13.5. The molecule has 3 nitrogen and oxygen atoms in total. The summed E-state index contributed by atoms with van der Waals surface area (Å²) in [5.41, 5.74) is 6.83. The first-order chi connectivity index (χ1) is 10.1. The van der Waals surface area contributed by atoms with Crippen LogP contribution in [-0.4, -0.2) is 23.9 Å². The van der Waals surface area contributed by atoms with Gasteiger partial charge in [0.2, 0.25) is 0 Å². The number of nitrogen functional groups attached to an aromatic ring is 1. The van der Waals surface area contributed by atoms with Crippen LogP contribution in [0.5, 0.6) is 0 Å². The van der Waals surface area contributed by atoms with Crippen LogP contribution in [0.15, 0.2) is 24.3 Å². The van der Waals surface area contributed by atoms with Gasteiger partial charge in [-0.1, -0.05) is 32.0 Å². The van der Waals surface area contributed by atoms with E-state index in [0.717, 1.165) is 41.9 Å². The summed E-state index contributed by atoms with van der Waals surface area (Å²) in [6.07, 6.45) is 2.21. The van der Waals surface area contributed by atoms with Crippen molar-refractivity contribution in [3.05, 3.63) is 29.1 Å². The van der Waals surface area contributed by atoms with Crippen molar-refractivity contribution in [2.24, 2.45) is 11.8 Å². The highest BCUT2D eigenvalue weighted by Crippen LogP contribution is 2.35. The van der Waals surface area contributed by atoms with E-state index in [1.165, 1.54) is 11.3 Å². The number of rotatable bonds is 2. The molecule has 2 N–H and O–H groups in total. The molecule has 0 spiro atoms. The van der Waals surface area contributed by atoms with Crippen LogP contribution >= 0.6 is 11.3 Å². The zero-order valence-electron chi connectivity index (χ0n) is 12.6. The van der Waals surface area contributed by atoms with Crippen molar-refractivity contribution in [1.29, 1.82) is 0 Å². The van der Waals surface area contributed by atoms with E-state index >= 15 is 0 Å². The van der Waals surface area contributed by atoms with Crippen LogP contribution in [0.25, 0.3) is 10.1 Å². The molecular weight excluding hydrogens is 280 g/mol. The fourth-order valence-corrected chi connectivity index (χ4v) is 4.23. The second kappa shape index (κ2) is 5.68. The van der Waals surface area contributed by atoms with Crippen LogP contribution in [0.4, 0.5) is 5.69 Å². The molecule has 0 aliphatic carbocycles. The standard InChI is InChI=1S/C17H22N2OS/c1-11(2)12-7-9-19(10-8-12)17(20)16-15(18)13-5-3-4-6-14(13)21-16/h3-6,11-12H,7-10,18H2,1-2H3. The third-order valence-electron chi connectivity index (χ3n) is 4.60. The molecule has 0 radical (unpaired) electrons. The molecule has 1 aliphatic rings. The molecule has 1 aromatic carbocycles. The highest BCUT2D eigenvalue weighted by Gasteiger charge is 2.27. The van der Waals surface area contributed by atoms with Gasteiger partial charge < -0.3 is 10.6 Å². The number of anilines is 1. The van der Waals surface area contributed by atoms with Crippen LogP contribution in [0.3, 0.4) is 0 Å². The number of fused-ring (bicyclic) bond motifs is 1. The minimum atomic E-state index is 0.107. The number of benzene rings is 1. The van der Waals surface area contributed by atoms with Gasteiger partial charge in [0.25, 0.3) is 5.91 Å². The van der Waals surface area contributed by atoms with Gasteiger partial charge in [-0.15, -0.1) is 11.3 Å². The lowest BCUT2D eigenvalue weighted by Crippen LogP contribution is -2.39. The Hall–Kier alpha value is -1.55. The lowest BCUT2D eigenvalue weighted by Gasteiger charge is -2.33. The first-order valence-corrected chi connectivity index (χ1v) is 8.46. The Labute approximate surface area is 129 Å². The van der Waals surface area contributed by atoms with Crippen LogP contribution in [0.1, 0.15) is 36.4 Å². The van der Waals surface area contributed by atoms with Crippen molar-refractivity contribution in [2.45, 2.75) is 26.7 Å². The quantitative estimate of drug-likeness (QED) is 0.911. The van der Waals surface area contributed by atoms with Crippen LogP contribution in [0.2, 0.25) is 0 Å². The maximum Gasteiger partial charge on any atom is 0.266 e. The summed E-state index contributed by atoms with van der Waals surface area (Å²) in [5.74, 6) is 1.56. The summed E-state index contributed by atoms with van der Waals surface area (Å²) in [7, 11) is 0. The smallest absolute Gasteiger partial charge is 0.266 e. The van der Waals surface area contributed by atoms with E-state index in [0.29, 0.717) is 16.5 Å². The summed E-state index contributed by atoms with van der Waals surface area (Å²) >= 11 is 1.52. The van der Waals surface area contributed by atoms with Crippen molar-refractivity contribution < 1.29 is 4.79 Å². The maximum atomic E-state index is 12.7. The SMILES string of the molecule is CC(C)C1CCN(C(=O)c2sc3ccccc3c2N)CC1. The molecule has 2 aromatic rings. The van der Waals surface area contributed by atoms with Gasteiger partial charge in [-0.25, -0.2) is 0 Å². The lowest BCUT2D eigenvalue weighted by atomic mass is 9.87. The molecule has 4 heteroatoms. The molecule has 1 saturated heterocycles. The predicted molar refractivity (Wildman–Crippen MR) is 89.7 cm³/mol. The number of carbonyl (C=O) groups is 1. The largest absolute Gasteiger partial charge is 0.397 e. The molecule has 1 aliphatic heterocycles. The summed E-state index contributed by atoms with van der Waals surface area (Å²) in [6, 6.07) is 7.97. The van der Waals surface area contributed by atoms with Gasteiger partial charge in [0.05, 0.1) is 5.69 Å². The Morgan fingerprint density at radius 2 is 1.95 bits per heavy atom. The van der Waals surface area contributed by atoms with Crippen LogP contribution < -0.4 is 5.73 Å². The van der Waals surface area contributed by atoms with Gasteiger partial charge in [-0.3, -0.25) is 4.79 Å². The maximum absolute atomic E-state index is 12.7. The van der Waals surface area contributed by atoms with Gasteiger partial charge in [0.15, 0.2) is 0 Å². The summed E-state index contributed by atoms with van der Waals surface area (Å²) in [5, 5.41) is 1.00. The Balaban J connectivity index is 1.80. The van der Waals surface area contributed by atoms with E-state index in [-0.39, 0.29) is 5.91 Å². The molecule has 0 bridgehead atoms. The predicted octanol–water partition coefficient (Wildman–Crippen LogP) is 3.99. The van der Waals surface area contributed by atoms with E-state index in [2.05, 4.69) is 13.8 Å². The number of hydrogen-bond acceptors (Lipinski definition) is 3. The number of amides is 1. The molecule has 1 fully saturated rings. The van der Waals surface area contributed by atoms with Crippen molar-refractivity contribution in [2.75, 3.05) is 18.8 Å². The molecular formula is C17H22N2OS. The molecule has 21 heavy (non-hydrogen) atoms. The van der Waals surface area contributed by atoms with Gasteiger partial charge in [-0.05, 0) is 30.7 Å². The molecule has 0 unspecified atom stereocenters. The second-order valence-electron chi connectivity index (χ2n) is 6.21. The average molecular weight is 302 g/mol. The fraction of sp³-hybridized carbons (Fsp3) is 0.471. The number of carbonyl (C=O) groups excluding carboxylic acids is 1. The fourth-order valence-electron chi connectivity index (χ4n) is 3.14. The number of likely N-dealkylation sites (tertiary alicyclic amines) is 1. The molecule has 0 saturated carbocycles. The minimum Gasteiger partial charge on any atom is -0.397 e. The molecule has 2 heterocycles.